The first kappa shape index (κ1) is 22.1. The van der Waals surface area contributed by atoms with Gasteiger partial charge in [0.25, 0.3) is 11.8 Å². The second kappa shape index (κ2) is 11.7. The van der Waals surface area contributed by atoms with Crippen LogP contribution in [0.4, 0.5) is 4.79 Å². The van der Waals surface area contributed by atoms with Crippen LogP contribution in [0.2, 0.25) is 0 Å². The fraction of sp³-hybridized carbons (Fsp3) is 0.588. The van der Waals surface area contributed by atoms with Gasteiger partial charge >= 0.3 is 6.09 Å². The second-order valence-corrected chi connectivity index (χ2v) is 5.66. The predicted octanol–water partition coefficient (Wildman–Crippen LogP) is -0.598. The Morgan fingerprint density at radius 1 is 1.00 bits per heavy atom. The number of carbonyl (C=O) groups is 5. The van der Waals surface area contributed by atoms with Crippen LogP contribution in [0.3, 0.4) is 0 Å². The molecule has 0 bridgehead atoms. The lowest BCUT2D eigenvalue weighted by Gasteiger charge is -2.22. The molecule has 150 valence electrons. The number of nitrogens with zero attached hydrogens (tertiary/aromatic N) is 2. The van der Waals surface area contributed by atoms with E-state index in [0.29, 0.717) is 25.9 Å². The zero-order valence-electron chi connectivity index (χ0n) is 15.7. The van der Waals surface area contributed by atoms with Crippen LogP contribution in [0.25, 0.3) is 0 Å². The summed E-state index contributed by atoms with van der Waals surface area (Å²) in [5.41, 5.74) is 0. The van der Waals surface area contributed by atoms with Crippen molar-refractivity contribution in [3.05, 3.63) is 12.2 Å². The number of carbonyl (C=O) groups excluding carboxylic acids is 5. The van der Waals surface area contributed by atoms with Gasteiger partial charge in [-0.1, -0.05) is 13.8 Å². The van der Waals surface area contributed by atoms with E-state index in [1.165, 1.54) is 17.1 Å². The molecule has 0 saturated carbocycles. The molecule has 0 saturated heterocycles. The molecule has 5 amide bonds. The van der Waals surface area contributed by atoms with Gasteiger partial charge in [0.2, 0.25) is 11.8 Å². The summed E-state index contributed by atoms with van der Waals surface area (Å²) in [5, 5.41) is 5.12. The molecular formula is C17H26N4O6. The first-order chi connectivity index (χ1) is 12.9. The van der Waals surface area contributed by atoms with Gasteiger partial charge in [-0.05, 0) is 0 Å². The number of alkyl carbamates (subject to hydrolysis) is 1. The molecule has 27 heavy (non-hydrogen) atoms. The van der Waals surface area contributed by atoms with E-state index in [4.69, 9.17) is 4.74 Å². The molecule has 0 aromatic carbocycles. The lowest BCUT2D eigenvalue weighted by Crippen LogP contribution is -2.41. The zero-order valence-corrected chi connectivity index (χ0v) is 15.7. The Morgan fingerprint density at radius 3 is 2.26 bits per heavy atom. The lowest BCUT2D eigenvalue weighted by atomic mass is 10.3. The summed E-state index contributed by atoms with van der Waals surface area (Å²) in [6.45, 7) is 4.44. The van der Waals surface area contributed by atoms with Crippen molar-refractivity contribution >= 4 is 29.7 Å². The van der Waals surface area contributed by atoms with Gasteiger partial charge in [-0.3, -0.25) is 24.1 Å². The molecule has 0 aromatic rings. The van der Waals surface area contributed by atoms with E-state index >= 15 is 0 Å². The largest absolute Gasteiger partial charge is 0.448 e. The van der Waals surface area contributed by atoms with E-state index in [9.17, 15) is 24.0 Å². The molecule has 10 heteroatoms. The standard InChI is InChI=1S/C17H26N4O6/c1-3-13(22)18-7-9-20(14(23)4-2)11-12-27-17(26)19-8-10-21-15(24)5-6-16(21)25/h5-6H,3-4,7-12H2,1-2H3,(H,18,22)(H,19,26). The van der Waals surface area contributed by atoms with Crippen LogP contribution >= 0.6 is 0 Å². The van der Waals surface area contributed by atoms with Crippen molar-refractivity contribution in [2.24, 2.45) is 0 Å². The van der Waals surface area contributed by atoms with Crippen LogP contribution in [0.5, 0.6) is 0 Å². The van der Waals surface area contributed by atoms with Gasteiger partial charge in [0.05, 0.1) is 6.54 Å². The van der Waals surface area contributed by atoms with Crippen LogP contribution < -0.4 is 10.6 Å². The molecule has 10 nitrogen and oxygen atoms in total. The van der Waals surface area contributed by atoms with Gasteiger partial charge < -0.3 is 20.3 Å². The Hall–Kier alpha value is -2.91. The van der Waals surface area contributed by atoms with Gasteiger partial charge in [-0.25, -0.2) is 4.79 Å². The third kappa shape index (κ3) is 7.89. The highest BCUT2D eigenvalue weighted by atomic mass is 16.5. The Morgan fingerprint density at radius 2 is 1.67 bits per heavy atom. The molecule has 0 aromatic heterocycles. The lowest BCUT2D eigenvalue weighted by molar-refractivity contribution is -0.136. The molecule has 0 radical (unpaired) electrons. The summed E-state index contributed by atoms with van der Waals surface area (Å²) in [4.78, 5) is 60.0. The van der Waals surface area contributed by atoms with Crippen molar-refractivity contribution in [3.63, 3.8) is 0 Å². The molecular weight excluding hydrogens is 356 g/mol. The van der Waals surface area contributed by atoms with E-state index in [-0.39, 0.29) is 38.1 Å². The van der Waals surface area contributed by atoms with E-state index in [0.717, 1.165) is 4.90 Å². The SMILES string of the molecule is CCC(=O)NCCN(CCOC(=O)NCCN1C(=O)C=CC1=O)C(=O)CC. The summed E-state index contributed by atoms with van der Waals surface area (Å²) in [6.07, 6.45) is 2.31. The number of hydrogen-bond donors (Lipinski definition) is 2. The van der Waals surface area contributed by atoms with Gasteiger partial charge in [0.1, 0.15) is 6.61 Å². The van der Waals surface area contributed by atoms with Gasteiger partial charge in [-0.2, -0.15) is 0 Å². The van der Waals surface area contributed by atoms with Gasteiger partial charge in [0.15, 0.2) is 0 Å². The molecule has 2 N–H and O–H groups in total. The highest BCUT2D eigenvalue weighted by molar-refractivity contribution is 6.12. The van der Waals surface area contributed by atoms with E-state index in [2.05, 4.69) is 10.6 Å². The Bertz CT molecular complexity index is 586. The van der Waals surface area contributed by atoms with E-state index < -0.39 is 17.9 Å². The number of nitrogens with one attached hydrogen (secondary N) is 2. The van der Waals surface area contributed by atoms with Crippen molar-refractivity contribution in [1.82, 2.24) is 20.4 Å². The average molecular weight is 382 g/mol. The fourth-order valence-corrected chi connectivity index (χ4v) is 2.26. The minimum absolute atomic E-state index is 0.0115. The van der Waals surface area contributed by atoms with Crippen molar-refractivity contribution in [1.29, 1.82) is 0 Å². The minimum atomic E-state index is -0.703. The molecule has 1 heterocycles. The summed E-state index contributed by atoms with van der Waals surface area (Å²) in [5.74, 6) is -1.04. The van der Waals surface area contributed by atoms with Crippen LogP contribution in [-0.2, 0) is 23.9 Å². The van der Waals surface area contributed by atoms with Gasteiger partial charge in [-0.15, -0.1) is 0 Å². The number of hydrogen-bond acceptors (Lipinski definition) is 6. The minimum Gasteiger partial charge on any atom is -0.448 e. The molecule has 0 aliphatic carbocycles. The zero-order chi connectivity index (χ0) is 20.2. The Labute approximate surface area is 157 Å². The van der Waals surface area contributed by atoms with Crippen LogP contribution in [0.1, 0.15) is 26.7 Å². The van der Waals surface area contributed by atoms with Crippen molar-refractivity contribution in [2.75, 3.05) is 39.3 Å². The van der Waals surface area contributed by atoms with Crippen LogP contribution in [0, 0.1) is 0 Å². The molecule has 1 aliphatic rings. The number of amides is 5. The second-order valence-electron chi connectivity index (χ2n) is 5.66. The number of imide groups is 1. The first-order valence-corrected chi connectivity index (χ1v) is 8.87. The maximum absolute atomic E-state index is 11.9. The molecule has 1 aliphatic heterocycles. The van der Waals surface area contributed by atoms with E-state index in [1.54, 1.807) is 13.8 Å². The van der Waals surface area contributed by atoms with Crippen LogP contribution in [-0.4, -0.2) is 78.9 Å². The molecule has 0 spiro atoms. The molecule has 1 rings (SSSR count). The third-order valence-electron chi connectivity index (χ3n) is 3.78. The average Bonchev–Trinajstić information content (AvgIpc) is 2.97. The third-order valence-corrected chi connectivity index (χ3v) is 3.78. The first-order valence-electron chi connectivity index (χ1n) is 8.87. The summed E-state index contributed by atoms with van der Waals surface area (Å²) >= 11 is 0. The van der Waals surface area contributed by atoms with Gasteiger partial charge in [0, 0.05) is 51.2 Å². The molecule has 0 atom stereocenters. The maximum atomic E-state index is 11.9. The Balaban J connectivity index is 2.25. The Kier molecular flexibility index (Phi) is 9.55. The monoisotopic (exact) mass is 382 g/mol. The molecule has 0 unspecified atom stereocenters. The maximum Gasteiger partial charge on any atom is 0.407 e. The van der Waals surface area contributed by atoms with E-state index in [1.807, 2.05) is 0 Å². The quantitative estimate of drug-likeness (QED) is 0.460. The highest BCUT2D eigenvalue weighted by Crippen LogP contribution is 2.01. The van der Waals surface area contributed by atoms with Crippen molar-refractivity contribution in [2.45, 2.75) is 26.7 Å². The van der Waals surface area contributed by atoms with Crippen molar-refractivity contribution in [3.8, 4) is 0 Å². The fourth-order valence-electron chi connectivity index (χ4n) is 2.26. The topological polar surface area (TPSA) is 125 Å². The number of rotatable bonds is 11. The summed E-state index contributed by atoms with van der Waals surface area (Å²) < 4.78 is 5.00. The normalized spacial score (nSPS) is 12.9. The summed E-state index contributed by atoms with van der Waals surface area (Å²) in [6, 6.07) is 0. The van der Waals surface area contributed by atoms with Crippen molar-refractivity contribution < 1.29 is 28.7 Å². The molecule has 0 fully saturated rings. The van der Waals surface area contributed by atoms with Crippen LogP contribution in [0.15, 0.2) is 12.2 Å². The highest BCUT2D eigenvalue weighted by Gasteiger charge is 2.22. The smallest absolute Gasteiger partial charge is 0.407 e. The predicted molar refractivity (Wildman–Crippen MR) is 95.4 cm³/mol. The number of ether oxygens (including phenoxy) is 1. The summed E-state index contributed by atoms with van der Waals surface area (Å²) in [7, 11) is 0.